The van der Waals surface area contributed by atoms with Gasteiger partial charge in [0.1, 0.15) is 0 Å². The lowest BCUT2D eigenvalue weighted by atomic mass is 9.95. The molecule has 24 heavy (non-hydrogen) atoms. The molecule has 0 aliphatic rings. The fourth-order valence-corrected chi connectivity index (χ4v) is 2.48. The minimum atomic E-state index is -1.08. The van der Waals surface area contributed by atoms with Gasteiger partial charge in [-0.25, -0.2) is 4.79 Å². The SMILES string of the molecule is CCOC(=O)C(C)(C)ON(C(c1ccccn1)C(C)C)C(C)(C)C. The van der Waals surface area contributed by atoms with Crippen LogP contribution in [0.2, 0.25) is 0 Å². The first kappa shape index (κ1) is 20.6. The molecular formula is C19H32N2O3. The second-order valence-corrected chi connectivity index (χ2v) is 7.76. The Bertz CT molecular complexity index is 521. The molecule has 0 bridgehead atoms. The van der Waals surface area contributed by atoms with Crippen molar-refractivity contribution < 1.29 is 14.4 Å². The van der Waals surface area contributed by atoms with Crippen molar-refractivity contribution in [3.8, 4) is 0 Å². The van der Waals surface area contributed by atoms with E-state index in [4.69, 9.17) is 9.57 Å². The molecule has 1 unspecified atom stereocenters. The number of esters is 1. The molecule has 0 aliphatic heterocycles. The Balaban J connectivity index is 3.22. The van der Waals surface area contributed by atoms with Gasteiger partial charge < -0.3 is 4.74 Å². The van der Waals surface area contributed by atoms with Crippen molar-refractivity contribution in [2.45, 2.75) is 72.6 Å². The number of aromatic nitrogens is 1. The highest BCUT2D eigenvalue weighted by Crippen LogP contribution is 2.35. The molecule has 0 fully saturated rings. The quantitative estimate of drug-likeness (QED) is 0.553. The Labute approximate surface area is 146 Å². The number of rotatable bonds is 7. The lowest BCUT2D eigenvalue weighted by molar-refractivity contribution is -0.299. The third kappa shape index (κ3) is 5.28. The van der Waals surface area contributed by atoms with Crippen LogP contribution >= 0.6 is 0 Å². The molecule has 1 heterocycles. The number of nitrogens with zero attached hydrogens (tertiary/aromatic N) is 2. The van der Waals surface area contributed by atoms with Gasteiger partial charge in [-0.15, -0.1) is 0 Å². The Morgan fingerprint density at radius 3 is 2.25 bits per heavy atom. The molecule has 0 aliphatic carbocycles. The maximum absolute atomic E-state index is 12.3. The lowest BCUT2D eigenvalue weighted by Gasteiger charge is -2.45. The molecule has 1 aromatic rings. The van der Waals surface area contributed by atoms with Crippen molar-refractivity contribution in [1.29, 1.82) is 0 Å². The number of hydroxylamine groups is 2. The minimum Gasteiger partial charge on any atom is -0.464 e. The molecule has 1 aromatic heterocycles. The first-order valence-corrected chi connectivity index (χ1v) is 8.57. The van der Waals surface area contributed by atoms with Crippen molar-refractivity contribution in [3.63, 3.8) is 0 Å². The average Bonchev–Trinajstić information content (AvgIpc) is 2.46. The summed E-state index contributed by atoms with van der Waals surface area (Å²) in [6, 6.07) is 5.77. The van der Waals surface area contributed by atoms with Gasteiger partial charge in [0.2, 0.25) is 0 Å². The molecule has 0 saturated heterocycles. The molecule has 0 N–H and O–H groups in total. The van der Waals surface area contributed by atoms with Gasteiger partial charge in [-0.2, -0.15) is 5.06 Å². The normalized spacial score (nSPS) is 14.1. The van der Waals surface area contributed by atoms with Crippen molar-refractivity contribution in [3.05, 3.63) is 30.1 Å². The highest BCUT2D eigenvalue weighted by molar-refractivity contribution is 5.78. The van der Waals surface area contributed by atoms with Crippen molar-refractivity contribution >= 4 is 5.97 Å². The summed E-state index contributed by atoms with van der Waals surface area (Å²) in [4.78, 5) is 23.0. The molecule has 1 atom stereocenters. The summed E-state index contributed by atoms with van der Waals surface area (Å²) in [5.41, 5.74) is -0.483. The molecule has 0 radical (unpaired) electrons. The maximum Gasteiger partial charge on any atom is 0.339 e. The smallest absolute Gasteiger partial charge is 0.339 e. The van der Waals surface area contributed by atoms with Crippen LogP contribution in [0.1, 0.15) is 67.1 Å². The van der Waals surface area contributed by atoms with Gasteiger partial charge in [-0.05, 0) is 59.6 Å². The molecule has 0 spiro atoms. The number of pyridine rings is 1. The van der Waals surface area contributed by atoms with E-state index in [1.165, 1.54) is 0 Å². The second kappa shape index (κ2) is 8.08. The zero-order valence-electron chi connectivity index (χ0n) is 16.3. The van der Waals surface area contributed by atoms with Gasteiger partial charge in [-0.3, -0.25) is 9.82 Å². The summed E-state index contributed by atoms with van der Waals surface area (Å²) in [6.07, 6.45) is 1.78. The molecular weight excluding hydrogens is 304 g/mol. The minimum absolute atomic E-state index is 0.0834. The summed E-state index contributed by atoms with van der Waals surface area (Å²) >= 11 is 0. The van der Waals surface area contributed by atoms with Crippen LogP contribution in [-0.2, 0) is 14.4 Å². The van der Waals surface area contributed by atoms with E-state index in [2.05, 4.69) is 39.6 Å². The monoisotopic (exact) mass is 336 g/mol. The number of carbonyl (C=O) groups is 1. The van der Waals surface area contributed by atoms with Crippen LogP contribution in [-0.4, -0.2) is 33.8 Å². The highest BCUT2D eigenvalue weighted by Gasteiger charge is 2.41. The van der Waals surface area contributed by atoms with E-state index in [1.807, 2.05) is 23.3 Å². The number of ether oxygens (including phenoxy) is 1. The van der Waals surface area contributed by atoms with Crippen LogP contribution < -0.4 is 0 Å². The zero-order chi connectivity index (χ0) is 18.5. The van der Waals surface area contributed by atoms with Crippen LogP contribution in [0.25, 0.3) is 0 Å². The first-order valence-electron chi connectivity index (χ1n) is 8.57. The fourth-order valence-electron chi connectivity index (χ4n) is 2.48. The molecule has 136 valence electrons. The van der Waals surface area contributed by atoms with E-state index in [9.17, 15) is 4.79 Å². The Morgan fingerprint density at radius 2 is 1.83 bits per heavy atom. The third-order valence-electron chi connectivity index (χ3n) is 3.63. The third-order valence-corrected chi connectivity index (χ3v) is 3.63. The van der Waals surface area contributed by atoms with E-state index < -0.39 is 5.60 Å². The fraction of sp³-hybridized carbons (Fsp3) is 0.684. The lowest BCUT2D eigenvalue weighted by Crippen LogP contribution is -2.52. The summed E-state index contributed by atoms with van der Waals surface area (Å²) in [5, 5.41) is 1.89. The largest absolute Gasteiger partial charge is 0.464 e. The first-order chi connectivity index (χ1) is 11.0. The van der Waals surface area contributed by atoms with E-state index in [-0.39, 0.29) is 23.5 Å². The summed E-state index contributed by atoms with van der Waals surface area (Å²) in [6.45, 7) is 16.0. The van der Waals surface area contributed by atoms with Crippen LogP contribution in [0.4, 0.5) is 0 Å². The van der Waals surface area contributed by atoms with Crippen LogP contribution in [0.5, 0.6) is 0 Å². The van der Waals surface area contributed by atoms with Gasteiger partial charge >= 0.3 is 5.97 Å². The van der Waals surface area contributed by atoms with Crippen molar-refractivity contribution in [1.82, 2.24) is 10.0 Å². The summed E-state index contributed by atoms with van der Waals surface area (Å²) in [7, 11) is 0. The molecule has 5 heteroatoms. The molecule has 0 aromatic carbocycles. The zero-order valence-corrected chi connectivity index (χ0v) is 16.3. The molecule has 0 amide bonds. The summed E-state index contributed by atoms with van der Waals surface area (Å²) < 4.78 is 5.16. The maximum atomic E-state index is 12.3. The predicted octanol–water partition coefficient (Wildman–Crippen LogP) is 4.15. The van der Waals surface area contributed by atoms with Gasteiger partial charge in [0.15, 0.2) is 5.60 Å². The van der Waals surface area contributed by atoms with E-state index in [0.29, 0.717) is 6.61 Å². The Kier molecular flexibility index (Phi) is 6.93. The Morgan fingerprint density at radius 1 is 1.21 bits per heavy atom. The van der Waals surface area contributed by atoms with E-state index in [1.54, 1.807) is 27.0 Å². The highest BCUT2D eigenvalue weighted by atomic mass is 16.7. The number of hydrogen-bond acceptors (Lipinski definition) is 5. The average molecular weight is 336 g/mol. The molecule has 5 nitrogen and oxygen atoms in total. The summed E-state index contributed by atoms with van der Waals surface area (Å²) in [5.74, 6) is -0.125. The number of hydrogen-bond donors (Lipinski definition) is 0. The topological polar surface area (TPSA) is 51.7 Å². The number of carbonyl (C=O) groups excluding carboxylic acids is 1. The van der Waals surface area contributed by atoms with Gasteiger partial charge in [0, 0.05) is 11.7 Å². The van der Waals surface area contributed by atoms with Crippen LogP contribution in [0.3, 0.4) is 0 Å². The van der Waals surface area contributed by atoms with Gasteiger partial charge in [0.25, 0.3) is 0 Å². The standard InChI is InChI=1S/C19H32N2O3/c1-9-23-17(22)19(7,8)24-21(18(4,5)6)16(14(2)3)15-12-10-11-13-20-15/h10-14,16H,9H2,1-8H3. The van der Waals surface area contributed by atoms with Crippen molar-refractivity contribution in [2.24, 2.45) is 5.92 Å². The van der Waals surface area contributed by atoms with E-state index >= 15 is 0 Å². The Hall–Kier alpha value is -1.46. The van der Waals surface area contributed by atoms with Gasteiger partial charge in [0.05, 0.1) is 18.3 Å². The van der Waals surface area contributed by atoms with E-state index in [0.717, 1.165) is 5.69 Å². The van der Waals surface area contributed by atoms with Crippen LogP contribution in [0.15, 0.2) is 24.4 Å². The van der Waals surface area contributed by atoms with Crippen molar-refractivity contribution in [2.75, 3.05) is 6.61 Å². The molecule has 0 saturated carbocycles. The van der Waals surface area contributed by atoms with Gasteiger partial charge in [-0.1, -0.05) is 19.9 Å². The molecule has 1 rings (SSSR count). The second-order valence-electron chi connectivity index (χ2n) is 7.76. The van der Waals surface area contributed by atoms with Crippen LogP contribution in [0, 0.1) is 5.92 Å². The predicted molar refractivity (Wildman–Crippen MR) is 95.2 cm³/mol.